The summed E-state index contributed by atoms with van der Waals surface area (Å²) in [5.41, 5.74) is 0. The topological polar surface area (TPSA) is 26.8 Å². The van der Waals surface area contributed by atoms with Crippen molar-refractivity contribution in [3.63, 3.8) is 0 Å². The molecule has 4 nitrogen and oxygen atoms in total. The summed E-state index contributed by atoms with van der Waals surface area (Å²) < 4.78 is 37.8. The number of alkyl halides is 3. The number of amides is 1. The van der Waals surface area contributed by atoms with Crippen molar-refractivity contribution in [2.45, 2.75) is 25.9 Å². The van der Waals surface area contributed by atoms with E-state index in [-0.39, 0.29) is 31.8 Å². The standard InChI is InChI=1S/C14H24F3N3O/c1-2-18-7-9-19(10-8-18)11-13(21)20-5-3-12(4-6-20)14(15,16)17/h12H,2-11H2,1H3. The lowest BCUT2D eigenvalue weighted by molar-refractivity contribution is -0.186. The van der Waals surface area contributed by atoms with E-state index in [4.69, 9.17) is 0 Å². The predicted molar refractivity (Wildman–Crippen MR) is 73.9 cm³/mol. The van der Waals surface area contributed by atoms with Crippen molar-refractivity contribution >= 4 is 5.91 Å². The third-order valence-electron chi connectivity index (χ3n) is 4.58. The Morgan fingerprint density at radius 2 is 1.52 bits per heavy atom. The third-order valence-corrected chi connectivity index (χ3v) is 4.58. The SMILES string of the molecule is CCN1CCN(CC(=O)N2CCC(C(F)(F)F)CC2)CC1. The van der Waals surface area contributed by atoms with E-state index in [2.05, 4.69) is 16.7 Å². The summed E-state index contributed by atoms with van der Waals surface area (Å²) in [6.07, 6.45) is -4.04. The van der Waals surface area contributed by atoms with Gasteiger partial charge in [-0.3, -0.25) is 9.69 Å². The zero-order valence-electron chi connectivity index (χ0n) is 12.5. The molecule has 0 N–H and O–H groups in total. The molecule has 0 aromatic rings. The number of likely N-dealkylation sites (tertiary alicyclic amines) is 1. The largest absolute Gasteiger partial charge is 0.391 e. The summed E-state index contributed by atoms with van der Waals surface area (Å²) in [4.78, 5) is 18.2. The van der Waals surface area contributed by atoms with Crippen LogP contribution in [0.25, 0.3) is 0 Å². The van der Waals surface area contributed by atoms with Crippen molar-refractivity contribution in [2.75, 3.05) is 52.4 Å². The second-order valence-corrected chi connectivity index (χ2v) is 5.91. The second-order valence-electron chi connectivity index (χ2n) is 5.91. The normalized spacial score (nSPS) is 23.5. The van der Waals surface area contributed by atoms with Gasteiger partial charge in [-0.15, -0.1) is 0 Å². The van der Waals surface area contributed by atoms with E-state index in [0.29, 0.717) is 6.54 Å². The lowest BCUT2D eigenvalue weighted by Crippen LogP contribution is -2.51. The number of hydrogen-bond acceptors (Lipinski definition) is 3. The molecule has 1 amide bonds. The molecule has 122 valence electrons. The molecule has 2 heterocycles. The van der Waals surface area contributed by atoms with Crippen molar-refractivity contribution in [3.8, 4) is 0 Å². The lowest BCUT2D eigenvalue weighted by Gasteiger charge is -2.37. The number of halogens is 3. The zero-order chi connectivity index (χ0) is 15.5. The fourth-order valence-corrected chi connectivity index (χ4v) is 3.01. The van der Waals surface area contributed by atoms with Gasteiger partial charge in [0.15, 0.2) is 0 Å². The molecule has 0 aromatic heterocycles. The molecule has 0 bridgehead atoms. The van der Waals surface area contributed by atoms with Gasteiger partial charge in [0.2, 0.25) is 5.91 Å². The van der Waals surface area contributed by atoms with Gasteiger partial charge in [-0.25, -0.2) is 0 Å². The average Bonchev–Trinajstić information content (AvgIpc) is 2.47. The highest BCUT2D eigenvalue weighted by Crippen LogP contribution is 2.34. The minimum Gasteiger partial charge on any atom is -0.342 e. The molecule has 0 saturated carbocycles. The number of piperazine rings is 1. The summed E-state index contributed by atoms with van der Waals surface area (Å²) >= 11 is 0. The van der Waals surface area contributed by atoms with E-state index in [1.165, 1.54) is 0 Å². The van der Waals surface area contributed by atoms with Gasteiger partial charge >= 0.3 is 6.18 Å². The molecule has 2 fully saturated rings. The molecule has 0 radical (unpaired) electrons. The smallest absolute Gasteiger partial charge is 0.342 e. The van der Waals surface area contributed by atoms with Crippen LogP contribution in [0.3, 0.4) is 0 Å². The van der Waals surface area contributed by atoms with Crippen LogP contribution < -0.4 is 0 Å². The maximum absolute atomic E-state index is 12.6. The number of hydrogen-bond donors (Lipinski definition) is 0. The Bertz CT molecular complexity index is 346. The molecule has 21 heavy (non-hydrogen) atoms. The van der Waals surface area contributed by atoms with Crippen LogP contribution in [0.4, 0.5) is 13.2 Å². The fourth-order valence-electron chi connectivity index (χ4n) is 3.01. The molecule has 2 rings (SSSR count). The van der Waals surface area contributed by atoms with Gasteiger partial charge in [-0.05, 0) is 19.4 Å². The first-order valence-electron chi connectivity index (χ1n) is 7.69. The van der Waals surface area contributed by atoms with Crippen molar-refractivity contribution in [1.82, 2.24) is 14.7 Å². The molecule has 0 aliphatic carbocycles. The molecule has 7 heteroatoms. The summed E-state index contributed by atoms with van der Waals surface area (Å²) in [6, 6.07) is 0. The first kappa shape index (κ1) is 16.5. The van der Waals surface area contributed by atoms with Gasteiger partial charge in [0.05, 0.1) is 12.5 Å². The molecule has 2 saturated heterocycles. The van der Waals surface area contributed by atoms with Crippen LogP contribution in [0.5, 0.6) is 0 Å². The number of carbonyl (C=O) groups is 1. The molecule has 0 unspecified atom stereocenters. The van der Waals surface area contributed by atoms with Crippen molar-refractivity contribution in [3.05, 3.63) is 0 Å². The summed E-state index contributed by atoms with van der Waals surface area (Å²) in [7, 11) is 0. The highest BCUT2D eigenvalue weighted by molar-refractivity contribution is 5.78. The second kappa shape index (κ2) is 6.96. The van der Waals surface area contributed by atoms with E-state index >= 15 is 0 Å². The first-order valence-corrected chi connectivity index (χ1v) is 7.69. The van der Waals surface area contributed by atoms with Crippen LogP contribution in [0, 0.1) is 5.92 Å². The van der Waals surface area contributed by atoms with Gasteiger partial charge in [-0.1, -0.05) is 6.92 Å². The summed E-state index contributed by atoms with van der Waals surface area (Å²) in [5, 5.41) is 0. The Morgan fingerprint density at radius 3 is 2.00 bits per heavy atom. The van der Waals surface area contributed by atoms with Crippen LogP contribution in [0.1, 0.15) is 19.8 Å². The number of likely N-dealkylation sites (N-methyl/N-ethyl adjacent to an activating group) is 1. The quantitative estimate of drug-likeness (QED) is 0.789. The zero-order valence-corrected chi connectivity index (χ0v) is 12.5. The Morgan fingerprint density at radius 1 is 1.00 bits per heavy atom. The van der Waals surface area contributed by atoms with Crippen LogP contribution >= 0.6 is 0 Å². The minimum atomic E-state index is -4.12. The maximum atomic E-state index is 12.6. The third kappa shape index (κ3) is 4.57. The van der Waals surface area contributed by atoms with Crippen LogP contribution in [-0.4, -0.2) is 79.1 Å². The molecular formula is C14H24F3N3O. The summed E-state index contributed by atoms with van der Waals surface area (Å²) in [5.74, 6) is -1.27. The van der Waals surface area contributed by atoms with Crippen molar-refractivity contribution in [2.24, 2.45) is 5.92 Å². The molecule has 0 aromatic carbocycles. The fraction of sp³-hybridized carbons (Fsp3) is 0.929. The van der Waals surface area contributed by atoms with Gasteiger partial charge in [0, 0.05) is 39.3 Å². The van der Waals surface area contributed by atoms with E-state index in [1.807, 2.05) is 0 Å². The number of rotatable bonds is 3. The summed E-state index contributed by atoms with van der Waals surface area (Å²) in [6.45, 7) is 7.58. The molecule has 0 atom stereocenters. The maximum Gasteiger partial charge on any atom is 0.391 e. The molecular weight excluding hydrogens is 283 g/mol. The number of carbonyl (C=O) groups excluding carboxylic acids is 1. The van der Waals surface area contributed by atoms with Gasteiger partial charge in [0.1, 0.15) is 0 Å². The van der Waals surface area contributed by atoms with E-state index < -0.39 is 12.1 Å². The van der Waals surface area contributed by atoms with Gasteiger partial charge < -0.3 is 9.80 Å². The van der Waals surface area contributed by atoms with Crippen molar-refractivity contribution < 1.29 is 18.0 Å². The molecule has 2 aliphatic heterocycles. The highest BCUT2D eigenvalue weighted by Gasteiger charge is 2.41. The van der Waals surface area contributed by atoms with E-state index in [0.717, 1.165) is 32.7 Å². The van der Waals surface area contributed by atoms with E-state index in [1.54, 1.807) is 4.90 Å². The highest BCUT2D eigenvalue weighted by atomic mass is 19.4. The van der Waals surface area contributed by atoms with Crippen molar-refractivity contribution in [1.29, 1.82) is 0 Å². The molecule has 2 aliphatic rings. The monoisotopic (exact) mass is 307 g/mol. The minimum absolute atomic E-state index is 0.0272. The number of piperidine rings is 1. The van der Waals surface area contributed by atoms with Crippen LogP contribution in [0.15, 0.2) is 0 Å². The van der Waals surface area contributed by atoms with Gasteiger partial charge in [0.25, 0.3) is 0 Å². The predicted octanol–water partition coefficient (Wildman–Crippen LogP) is 1.42. The van der Waals surface area contributed by atoms with Crippen LogP contribution in [-0.2, 0) is 4.79 Å². The Kier molecular flexibility index (Phi) is 5.48. The van der Waals surface area contributed by atoms with Crippen LogP contribution in [0.2, 0.25) is 0 Å². The first-order chi connectivity index (χ1) is 9.90. The lowest BCUT2D eigenvalue weighted by atomic mass is 9.96. The average molecular weight is 307 g/mol. The number of nitrogens with zero attached hydrogens (tertiary/aromatic N) is 3. The Balaban J connectivity index is 1.73. The van der Waals surface area contributed by atoms with E-state index in [9.17, 15) is 18.0 Å². The Labute approximate surface area is 123 Å². The van der Waals surface area contributed by atoms with Gasteiger partial charge in [-0.2, -0.15) is 13.2 Å². The molecule has 0 spiro atoms. The Hall–Kier alpha value is -0.820.